The molecule has 72 valence electrons. The highest BCUT2D eigenvalue weighted by atomic mass is 32.1. The van der Waals surface area contributed by atoms with Gasteiger partial charge in [0.05, 0.1) is 5.69 Å². The normalized spacial score (nSPS) is 23.5. The van der Waals surface area contributed by atoms with E-state index in [2.05, 4.69) is 29.1 Å². The zero-order chi connectivity index (χ0) is 9.26. The summed E-state index contributed by atoms with van der Waals surface area (Å²) < 4.78 is 0. The summed E-state index contributed by atoms with van der Waals surface area (Å²) in [4.78, 5) is 6.94. The Morgan fingerprint density at radius 1 is 1.62 bits per heavy atom. The van der Waals surface area contributed by atoms with Gasteiger partial charge in [-0.3, -0.25) is 0 Å². The van der Waals surface area contributed by atoms with E-state index in [0.717, 1.165) is 11.6 Å². The van der Waals surface area contributed by atoms with E-state index >= 15 is 0 Å². The Bertz CT molecular complexity index is 282. The van der Waals surface area contributed by atoms with Crippen molar-refractivity contribution in [3.05, 3.63) is 11.1 Å². The molecule has 0 spiro atoms. The fourth-order valence-electron chi connectivity index (χ4n) is 1.85. The predicted molar refractivity (Wildman–Crippen MR) is 57.5 cm³/mol. The topological polar surface area (TPSA) is 16.1 Å². The SMILES string of the molecule is Cc1csc(N2CCCC(C)C2)n1. The highest BCUT2D eigenvalue weighted by Gasteiger charge is 2.18. The standard InChI is InChI=1S/C10H16N2S/c1-8-4-3-5-12(6-8)10-11-9(2)7-13-10/h7-8H,3-6H2,1-2H3. The van der Waals surface area contributed by atoms with Gasteiger partial charge in [0.2, 0.25) is 0 Å². The molecule has 3 heteroatoms. The second-order valence-corrected chi connectivity index (χ2v) is 4.80. The summed E-state index contributed by atoms with van der Waals surface area (Å²) >= 11 is 1.77. The minimum atomic E-state index is 0.831. The first-order valence-electron chi connectivity index (χ1n) is 4.93. The molecule has 1 fully saturated rings. The van der Waals surface area contributed by atoms with Gasteiger partial charge in [-0.1, -0.05) is 6.92 Å². The predicted octanol–water partition coefficient (Wildman–Crippen LogP) is 2.69. The molecular weight excluding hydrogens is 180 g/mol. The Kier molecular flexibility index (Phi) is 2.54. The average molecular weight is 196 g/mol. The molecule has 1 unspecified atom stereocenters. The lowest BCUT2D eigenvalue weighted by atomic mass is 10.0. The van der Waals surface area contributed by atoms with Gasteiger partial charge in [-0.15, -0.1) is 11.3 Å². The van der Waals surface area contributed by atoms with Gasteiger partial charge in [0.15, 0.2) is 5.13 Å². The maximum absolute atomic E-state index is 4.51. The number of rotatable bonds is 1. The van der Waals surface area contributed by atoms with Gasteiger partial charge in [0.25, 0.3) is 0 Å². The molecule has 1 aromatic heterocycles. The quantitative estimate of drug-likeness (QED) is 0.686. The first-order chi connectivity index (χ1) is 6.25. The van der Waals surface area contributed by atoms with Gasteiger partial charge < -0.3 is 4.90 Å². The van der Waals surface area contributed by atoms with Crippen LogP contribution in [-0.4, -0.2) is 18.1 Å². The molecule has 2 rings (SSSR count). The molecule has 0 amide bonds. The molecule has 0 aromatic carbocycles. The monoisotopic (exact) mass is 196 g/mol. The van der Waals surface area contributed by atoms with E-state index in [9.17, 15) is 0 Å². The van der Waals surface area contributed by atoms with Crippen molar-refractivity contribution >= 4 is 16.5 Å². The largest absolute Gasteiger partial charge is 0.348 e. The summed E-state index contributed by atoms with van der Waals surface area (Å²) in [5, 5.41) is 3.35. The van der Waals surface area contributed by atoms with E-state index in [1.54, 1.807) is 11.3 Å². The third-order valence-corrected chi connectivity index (χ3v) is 3.55. The lowest BCUT2D eigenvalue weighted by molar-refractivity contribution is 0.446. The van der Waals surface area contributed by atoms with E-state index in [-0.39, 0.29) is 0 Å². The zero-order valence-electron chi connectivity index (χ0n) is 8.29. The Morgan fingerprint density at radius 3 is 3.08 bits per heavy atom. The molecular formula is C10H16N2S. The number of piperidine rings is 1. The molecule has 13 heavy (non-hydrogen) atoms. The smallest absolute Gasteiger partial charge is 0.185 e. The van der Waals surface area contributed by atoms with Crippen LogP contribution in [0.4, 0.5) is 5.13 Å². The van der Waals surface area contributed by atoms with Gasteiger partial charge in [-0.25, -0.2) is 4.98 Å². The number of aryl methyl sites for hydroxylation is 1. The number of nitrogens with zero attached hydrogens (tertiary/aromatic N) is 2. The first kappa shape index (κ1) is 9.00. The van der Waals surface area contributed by atoms with Crippen LogP contribution in [0.15, 0.2) is 5.38 Å². The number of hydrogen-bond donors (Lipinski definition) is 0. The van der Waals surface area contributed by atoms with Gasteiger partial charge >= 0.3 is 0 Å². The highest BCUT2D eigenvalue weighted by Crippen LogP contribution is 2.25. The Balaban J connectivity index is 2.08. The summed E-state index contributed by atoms with van der Waals surface area (Å²) in [6, 6.07) is 0. The van der Waals surface area contributed by atoms with Crippen molar-refractivity contribution in [2.24, 2.45) is 5.92 Å². The van der Waals surface area contributed by atoms with Crippen LogP contribution in [0.2, 0.25) is 0 Å². The first-order valence-corrected chi connectivity index (χ1v) is 5.81. The highest BCUT2D eigenvalue weighted by molar-refractivity contribution is 7.13. The molecule has 2 heterocycles. The zero-order valence-corrected chi connectivity index (χ0v) is 9.10. The molecule has 0 radical (unpaired) electrons. The molecule has 0 bridgehead atoms. The maximum Gasteiger partial charge on any atom is 0.185 e. The van der Waals surface area contributed by atoms with Crippen molar-refractivity contribution in [1.82, 2.24) is 4.98 Å². The summed E-state index contributed by atoms with van der Waals surface area (Å²) in [5.74, 6) is 0.831. The second kappa shape index (κ2) is 3.66. The van der Waals surface area contributed by atoms with E-state index in [1.165, 1.54) is 31.1 Å². The fraction of sp³-hybridized carbons (Fsp3) is 0.700. The number of anilines is 1. The Labute approximate surface area is 83.6 Å². The third-order valence-electron chi connectivity index (χ3n) is 2.53. The lowest BCUT2D eigenvalue weighted by Crippen LogP contribution is -2.34. The second-order valence-electron chi connectivity index (χ2n) is 3.96. The van der Waals surface area contributed by atoms with Gasteiger partial charge in [-0.05, 0) is 25.7 Å². The van der Waals surface area contributed by atoms with E-state index in [0.29, 0.717) is 0 Å². The summed E-state index contributed by atoms with van der Waals surface area (Å²) in [6.07, 6.45) is 2.70. The van der Waals surface area contributed by atoms with Crippen LogP contribution in [0, 0.1) is 12.8 Å². The van der Waals surface area contributed by atoms with Crippen LogP contribution in [0.3, 0.4) is 0 Å². The summed E-state index contributed by atoms with van der Waals surface area (Å²) in [7, 11) is 0. The van der Waals surface area contributed by atoms with Gasteiger partial charge in [0.1, 0.15) is 0 Å². The minimum Gasteiger partial charge on any atom is -0.348 e. The molecule has 0 aliphatic carbocycles. The van der Waals surface area contributed by atoms with Crippen LogP contribution in [-0.2, 0) is 0 Å². The van der Waals surface area contributed by atoms with E-state index in [4.69, 9.17) is 0 Å². The van der Waals surface area contributed by atoms with Crippen molar-refractivity contribution in [2.75, 3.05) is 18.0 Å². The Hall–Kier alpha value is -0.570. The van der Waals surface area contributed by atoms with Crippen molar-refractivity contribution < 1.29 is 0 Å². The van der Waals surface area contributed by atoms with Crippen molar-refractivity contribution in [3.63, 3.8) is 0 Å². The third kappa shape index (κ3) is 2.02. The van der Waals surface area contributed by atoms with E-state index in [1.807, 2.05) is 0 Å². The summed E-state index contributed by atoms with van der Waals surface area (Å²) in [6.45, 7) is 6.77. The summed E-state index contributed by atoms with van der Waals surface area (Å²) in [5.41, 5.74) is 1.15. The molecule has 0 saturated carbocycles. The lowest BCUT2D eigenvalue weighted by Gasteiger charge is -2.30. The molecule has 1 aromatic rings. The van der Waals surface area contributed by atoms with Crippen LogP contribution >= 0.6 is 11.3 Å². The van der Waals surface area contributed by atoms with Gasteiger partial charge in [0, 0.05) is 18.5 Å². The number of aromatic nitrogens is 1. The number of hydrogen-bond acceptors (Lipinski definition) is 3. The van der Waals surface area contributed by atoms with Crippen molar-refractivity contribution in [1.29, 1.82) is 0 Å². The van der Waals surface area contributed by atoms with Crippen LogP contribution < -0.4 is 4.90 Å². The molecule has 1 aliphatic heterocycles. The van der Waals surface area contributed by atoms with Gasteiger partial charge in [-0.2, -0.15) is 0 Å². The molecule has 2 nitrogen and oxygen atoms in total. The molecule has 1 saturated heterocycles. The van der Waals surface area contributed by atoms with E-state index < -0.39 is 0 Å². The van der Waals surface area contributed by atoms with Crippen LogP contribution in [0.1, 0.15) is 25.5 Å². The fourth-order valence-corrected chi connectivity index (χ4v) is 2.69. The molecule has 1 aliphatic rings. The average Bonchev–Trinajstić information content (AvgIpc) is 2.52. The maximum atomic E-state index is 4.51. The van der Waals surface area contributed by atoms with Crippen LogP contribution in [0.5, 0.6) is 0 Å². The number of thiazole rings is 1. The molecule has 0 N–H and O–H groups in total. The van der Waals surface area contributed by atoms with Crippen LogP contribution in [0.25, 0.3) is 0 Å². The molecule has 1 atom stereocenters. The van der Waals surface area contributed by atoms with Crippen molar-refractivity contribution in [3.8, 4) is 0 Å². The Morgan fingerprint density at radius 2 is 2.46 bits per heavy atom. The minimum absolute atomic E-state index is 0.831. The van der Waals surface area contributed by atoms with Crippen molar-refractivity contribution in [2.45, 2.75) is 26.7 Å².